The maximum Gasteiger partial charge on any atom is 0.240 e. The zero-order valence-corrected chi connectivity index (χ0v) is 17.0. The Morgan fingerprint density at radius 1 is 1.17 bits per heavy atom. The number of amides is 2. The normalized spacial score (nSPS) is 19.2. The molecule has 0 radical (unpaired) electrons. The molecule has 2 aromatic rings. The van der Waals surface area contributed by atoms with E-state index in [1.54, 1.807) is 18.2 Å². The summed E-state index contributed by atoms with van der Waals surface area (Å²) in [7, 11) is 0. The van der Waals surface area contributed by atoms with E-state index in [0.717, 1.165) is 16.8 Å². The molecule has 0 aromatic heterocycles. The highest BCUT2D eigenvalue weighted by molar-refractivity contribution is 8.15. The largest absolute Gasteiger partial charge is 0.486 e. The summed E-state index contributed by atoms with van der Waals surface area (Å²) in [6.45, 7) is 4.97. The number of hydrogen-bond donors (Lipinski definition) is 2. The zero-order valence-electron chi connectivity index (χ0n) is 16.2. The lowest BCUT2D eigenvalue weighted by molar-refractivity contribution is -0.122. The van der Waals surface area contributed by atoms with E-state index in [1.165, 1.54) is 11.8 Å². The van der Waals surface area contributed by atoms with Crippen molar-refractivity contribution < 1.29 is 19.1 Å². The Labute approximate surface area is 172 Å². The average molecular weight is 411 g/mol. The van der Waals surface area contributed by atoms with E-state index in [9.17, 15) is 9.59 Å². The summed E-state index contributed by atoms with van der Waals surface area (Å²) in [5.41, 5.74) is 3.53. The fourth-order valence-electron chi connectivity index (χ4n) is 3.13. The van der Waals surface area contributed by atoms with E-state index in [1.807, 2.05) is 32.0 Å². The van der Waals surface area contributed by atoms with Gasteiger partial charge in [0.2, 0.25) is 11.8 Å². The van der Waals surface area contributed by atoms with Crippen LogP contribution in [0, 0.1) is 13.8 Å². The van der Waals surface area contributed by atoms with Crippen molar-refractivity contribution in [1.29, 1.82) is 0 Å². The Hall–Kier alpha value is -3.00. The second kappa shape index (κ2) is 8.16. The fraction of sp³-hybridized carbons (Fsp3) is 0.286. The number of fused-ring (bicyclic) bond motifs is 1. The molecule has 1 saturated heterocycles. The Kier molecular flexibility index (Phi) is 5.44. The van der Waals surface area contributed by atoms with Gasteiger partial charge in [-0.15, -0.1) is 0 Å². The van der Waals surface area contributed by atoms with Crippen LogP contribution in [0.4, 0.5) is 11.4 Å². The number of thioether (sulfide) groups is 1. The molecule has 2 heterocycles. The van der Waals surface area contributed by atoms with Crippen molar-refractivity contribution in [1.82, 2.24) is 5.32 Å². The van der Waals surface area contributed by atoms with Gasteiger partial charge in [0.1, 0.15) is 18.5 Å². The monoisotopic (exact) mass is 411 g/mol. The van der Waals surface area contributed by atoms with Crippen LogP contribution in [0.1, 0.15) is 17.5 Å². The predicted octanol–water partition coefficient (Wildman–Crippen LogP) is 3.32. The van der Waals surface area contributed by atoms with Gasteiger partial charge in [-0.3, -0.25) is 9.59 Å². The van der Waals surface area contributed by atoms with Gasteiger partial charge in [0.05, 0.1) is 5.69 Å². The number of nitrogens with one attached hydrogen (secondary N) is 2. The van der Waals surface area contributed by atoms with E-state index in [0.29, 0.717) is 35.6 Å². The summed E-state index contributed by atoms with van der Waals surface area (Å²) >= 11 is 1.25. The van der Waals surface area contributed by atoms with Crippen LogP contribution in [0.15, 0.2) is 41.4 Å². The molecular formula is C21H21N3O4S. The maximum absolute atomic E-state index is 12.4. The summed E-state index contributed by atoms with van der Waals surface area (Å²) < 4.78 is 11.1. The highest BCUT2D eigenvalue weighted by atomic mass is 32.2. The van der Waals surface area contributed by atoms with Gasteiger partial charge in [0.25, 0.3) is 0 Å². The van der Waals surface area contributed by atoms with Crippen LogP contribution >= 0.6 is 11.8 Å². The standard InChI is InChI=1S/C21H21N3O4S/c1-12-3-5-15(13(2)9-12)23-19(25)11-18-20(26)24-21(29-18)22-14-4-6-16-17(10-14)28-8-7-27-16/h3-6,9-10,18H,7-8,11H2,1-2H3,(H,23,25)(H,22,24,26). The number of carbonyl (C=O) groups excluding carboxylic acids is 2. The molecule has 2 aliphatic heterocycles. The van der Waals surface area contributed by atoms with Crippen molar-refractivity contribution in [3.8, 4) is 11.5 Å². The first-order valence-electron chi connectivity index (χ1n) is 9.31. The lowest BCUT2D eigenvalue weighted by atomic mass is 10.1. The van der Waals surface area contributed by atoms with Crippen LogP contribution in [0.3, 0.4) is 0 Å². The number of carbonyl (C=O) groups is 2. The van der Waals surface area contributed by atoms with Crippen molar-refractivity contribution in [3.05, 3.63) is 47.5 Å². The van der Waals surface area contributed by atoms with Gasteiger partial charge in [-0.05, 0) is 37.6 Å². The van der Waals surface area contributed by atoms with Gasteiger partial charge in [0, 0.05) is 18.2 Å². The average Bonchev–Trinajstić information content (AvgIpc) is 3.02. The smallest absolute Gasteiger partial charge is 0.240 e. The van der Waals surface area contributed by atoms with Crippen LogP contribution in [-0.2, 0) is 9.59 Å². The van der Waals surface area contributed by atoms with Gasteiger partial charge in [-0.25, -0.2) is 4.99 Å². The molecule has 29 heavy (non-hydrogen) atoms. The lowest BCUT2D eigenvalue weighted by Crippen LogP contribution is -2.28. The second-order valence-electron chi connectivity index (χ2n) is 6.91. The molecule has 1 atom stereocenters. The molecule has 150 valence electrons. The van der Waals surface area contributed by atoms with Crippen LogP contribution in [-0.4, -0.2) is 35.4 Å². The first-order chi connectivity index (χ1) is 14.0. The molecule has 2 N–H and O–H groups in total. The first kappa shape index (κ1) is 19.3. The van der Waals surface area contributed by atoms with Crippen LogP contribution in [0.25, 0.3) is 0 Å². The maximum atomic E-state index is 12.4. The van der Waals surface area contributed by atoms with Crippen molar-refractivity contribution in [2.45, 2.75) is 25.5 Å². The Balaban J connectivity index is 1.40. The molecule has 0 bridgehead atoms. The summed E-state index contributed by atoms with van der Waals surface area (Å²) in [6.07, 6.45) is 0.0734. The molecule has 0 aliphatic carbocycles. The van der Waals surface area contributed by atoms with Crippen molar-refractivity contribution in [2.75, 3.05) is 18.5 Å². The molecule has 8 heteroatoms. The summed E-state index contributed by atoms with van der Waals surface area (Å²) in [5.74, 6) is 0.897. The van der Waals surface area contributed by atoms with E-state index >= 15 is 0 Å². The van der Waals surface area contributed by atoms with Crippen molar-refractivity contribution in [2.24, 2.45) is 4.99 Å². The predicted molar refractivity (Wildman–Crippen MR) is 113 cm³/mol. The molecule has 0 spiro atoms. The molecule has 2 aliphatic rings. The number of nitrogens with zero attached hydrogens (tertiary/aromatic N) is 1. The van der Waals surface area contributed by atoms with Gasteiger partial charge < -0.3 is 20.1 Å². The van der Waals surface area contributed by atoms with Gasteiger partial charge in [-0.1, -0.05) is 29.5 Å². The number of aryl methyl sites for hydroxylation is 2. The van der Waals surface area contributed by atoms with Gasteiger partial charge in [0.15, 0.2) is 16.7 Å². The third kappa shape index (κ3) is 4.54. The zero-order chi connectivity index (χ0) is 20.4. The molecule has 1 unspecified atom stereocenters. The Bertz CT molecular complexity index is 1010. The summed E-state index contributed by atoms with van der Waals surface area (Å²) in [5, 5.41) is 5.58. The quantitative estimate of drug-likeness (QED) is 0.806. The minimum Gasteiger partial charge on any atom is -0.486 e. The third-order valence-electron chi connectivity index (χ3n) is 4.56. The Morgan fingerprint density at radius 2 is 1.97 bits per heavy atom. The molecule has 2 aromatic carbocycles. The van der Waals surface area contributed by atoms with Crippen LogP contribution in [0.2, 0.25) is 0 Å². The molecular weight excluding hydrogens is 390 g/mol. The highest BCUT2D eigenvalue weighted by Gasteiger charge is 2.32. The minimum absolute atomic E-state index is 0.0734. The number of hydrogen-bond acceptors (Lipinski definition) is 6. The van der Waals surface area contributed by atoms with Crippen molar-refractivity contribution in [3.63, 3.8) is 0 Å². The fourth-order valence-corrected chi connectivity index (χ4v) is 4.12. The third-order valence-corrected chi connectivity index (χ3v) is 5.64. The van der Waals surface area contributed by atoms with Gasteiger partial charge in [-0.2, -0.15) is 0 Å². The Morgan fingerprint density at radius 3 is 2.76 bits per heavy atom. The van der Waals surface area contributed by atoms with E-state index in [4.69, 9.17) is 9.47 Å². The number of rotatable bonds is 4. The number of aliphatic imine (C=N–C) groups is 1. The van der Waals surface area contributed by atoms with Crippen LogP contribution < -0.4 is 20.1 Å². The minimum atomic E-state index is -0.517. The van der Waals surface area contributed by atoms with Crippen LogP contribution in [0.5, 0.6) is 11.5 Å². The molecule has 1 fully saturated rings. The number of anilines is 1. The summed E-state index contributed by atoms with van der Waals surface area (Å²) in [6, 6.07) is 11.2. The summed E-state index contributed by atoms with van der Waals surface area (Å²) in [4.78, 5) is 29.1. The number of benzene rings is 2. The molecule has 4 rings (SSSR count). The van der Waals surface area contributed by atoms with Gasteiger partial charge >= 0.3 is 0 Å². The number of amidine groups is 1. The van der Waals surface area contributed by atoms with E-state index in [-0.39, 0.29) is 18.2 Å². The highest BCUT2D eigenvalue weighted by Crippen LogP contribution is 2.34. The molecule has 0 saturated carbocycles. The SMILES string of the molecule is Cc1ccc(NC(=O)CC2SC(=Nc3ccc4c(c3)OCCO4)NC2=O)c(C)c1. The molecule has 7 nitrogen and oxygen atoms in total. The lowest BCUT2D eigenvalue weighted by Gasteiger charge is -2.18. The topological polar surface area (TPSA) is 89.0 Å². The van der Waals surface area contributed by atoms with Crippen molar-refractivity contribution >= 4 is 40.1 Å². The van der Waals surface area contributed by atoms with E-state index < -0.39 is 5.25 Å². The second-order valence-corrected chi connectivity index (χ2v) is 8.10. The van der Waals surface area contributed by atoms with E-state index in [2.05, 4.69) is 15.6 Å². The number of ether oxygens (including phenoxy) is 2. The molecule has 2 amide bonds. The first-order valence-corrected chi connectivity index (χ1v) is 10.2.